The molecule has 8 aromatic carbocycles. The summed E-state index contributed by atoms with van der Waals surface area (Å²) in [6.45, 7) is 22.4. The van der Waals surface area contributed by atoms with Crippen LogP contribution in [0, 0.1) is 51.4 Å². The summed E-state index contributed by atoms with van der Waals surface area (Å²) in [4.78, 5) is -0.962. The fourth-order valence-corrected chi connectivity index (χ4v) is 15.8. The van der Waals surface area contributed by atoms with Crippen LogP contribution in [0.5, 0.6) is 46.0 Å². The van der Waals surface area contributed by atoms with Crippen molar-refractivity contribution >= 4 is 40.5 Å². The third kappa shape index (κ3) is 15.2. The van der Waals surface area contributed by atoms with Crippen molar-refractivity contribution in [2.24, 2.45) is 23.7 Å². The Morgan fingerprint density at radius 1 is 0.283 bits per heavy atom. The molecule has 0 heterocycles. The van der Waals surface area contributed by atoms with Crippen molar-refractivity contribution in [3.8, 4) is 46.0 Å². The van der Waals surface area contributed by atoms with Gasteiger partial charge < -0.3 is 37.2 Å². The molecule has 488 valence electrons. The zero-order valence-corrected chi connectivity index (χ0v) is 56.9. The van der Waals surface area contributed by atoms with Gasteiger partial charge in [-0.05, 0) is 150 Å². The molecule has 0 saturated heterocycles. The number of aryl methyl sites for hydroxylation is 4. The van der Waals surface area contributed by atoms with E-state index in [1.165, 1.54) is 60.7 Å². The van der Waals surface area contributed by atoms with Gasteiger partial charge in [0.1, 0.15) is 42.6 Å². The smallest absolute Gasteiger partial charge is 0.339 e. The van der Waals surface area contributed by atoms with Crippen LogP contribution >= 0.6 is 0 Å². The van der Waals surface area contributed by atoms with E-state index in [4.69, 9.17) is 16.7 Å². The lowest BCUT2D eigenvalue weighted by molar-refractivity contribution is 0.424. The number of aromatic hydroxyl groups is 4. The lowest BCUT2D eigenvalue weighted by atomic mass is 9.75. The highest BCUT2D eigenvalue weighted by Crippen LogP contribution is 2.55. The Morgan fingerprint density at radius 3 is 0.630 bits per heavy atom. The van der Waals surface area contributed by atoms with Crippen molar-refractivity contribution in [3.63, 3.8) is 0 Å². The minimum absolute atomic E-state index is 0.112. The maximum atomic E-state index is 14.8. The van der Waals surface area contributed by atoms with Crippen LogP contribution in [0.25, 0.3) is 0 Å². The van der Waals surface area contributed by atoms with Crippen LogP contribution in [0.3, 0.4) is 0 Å². The van der Waals surface area contributed by atoms with E-state index in [9.17, 15) is 54.1 Å². The predicted octanol–water partition coefficient (Wildman–Crippen LogP) is 15.8. The maximum Gasteiger partial charge on any atom is 0.339 e. The zero-order valence-electron chi connectivity index (χ0n) is 53.6. The molecule has 0 fully saturated rings. The molecule has 16 nitrogen and oxygen atoms in total. The highest BCUT2D eigenvalue weighted by Gasteiger charge is 2.38. The summed E-state index contributed by atoms with van der Waals surface area (Å²) in [5.41, 5.74) is 3.97. The van der Waals surface area contributed by atoms with Gasteiger partial charge in [-0.15, -0.1) is 0 Å². The molecule has 0 amide bonds. The fraction of sp³-hybridized carbons (Fsp3) is 0.333. The van der Waals surface area contributed by atoms with E-state index in [1.54, 1.807) is 100 Å². The van der Waals surface area contributed by atoms with Crippen molar-refractivity contribution in [1.29, 1.82) is 0 Å². The molecule has 0 aliphatic heterocycles. The van der Waals surface area contributed by atoms with E-state index in [0.29, 0.717) is 0 Å². The van der Waals surface area contributed by atoms with Crippen molar-refractivity contribution < 1.29 is 70.8 Å². The van der Waals surface area contributed by atoms with Crippen LogP contribution in [0.4, 0.5) is 0 Å². The van der Waals surface area contributed by atoms with Gasteiger partial charge in [-0.1, -0.05) is 126 Å². The summed E-state index contributed by atoms with van der Waals surface area (Å²) in [7, 11) is -19.2. The highest BCUT2D eigenvalue weighted by molar-refractivity contribution is 7.88. The maximum absolute atomic E-state index is 14.8. The molecule has 0 unspecified atom stereocenters. The average Bonchev–Trinajstić information content (AvgIpc) is 0.755. The van der Waals surface area contributed by atoms with Gasteiger partial charge in [0.2, 0.25) is 0 Å². The first kappa shape index (κ1) is 68.3. The zero-order chi connectivity index (χ0) is 67.1. The monoisotopic (exact) mass is 1330 g/mol. The van der Waals surface area contributed by atoms with Gasteiger partial charge in [-0.2, -0.15) is 33.7 Å². The average molecular weight is 1330 g/mol. The number of fused-ring (bicyclic) bond motifs is 8. The summed E-state index contributed by atoms with van der Waals surface area (Å²) in [6.07, 6.45) is 0.516. The molecule has 1 aliphatic carbocycles. The first-order chi connectivity index (χ1) is 43.1. The Morgan fingerprint density at radius 2 is 0.457 bits per heavy atom. The standard InChI is InChI=1S/C72H80O16S4/c1-41(2)29-53-57-33-58(66(74)37-65(57)73)54(30-42(3)4)63-36-64(72(88-92(83,84)52-27-19-48(12)20-28-52)40-71(63)87-91(81,82)51-25-17-47(11)18-26-51)56(32-44(7)8)60-34-59(67(75)38-68(60)76)55(31-43(5)6)62-35-61(53)69(85-89(77,78)49-21-13-45(9)14-22-49)39-70(62)86-90(79,80)50-23-15-46(10)16-24-50/h13-28,33-44,53-56,73-76H,29-32H2,1-12H3/t53-,54+,55+,56-. The third-order valence-corrected chi connectivity index (χ3v) is 21.5. The molecule has 0 spiro atoms. The van der Waals surface area contributed by atoms with Gasteiger partial charge in [-0.3, -0.25) is 0 Å². The van der Waals surface area contributed by atoms with Crippen LogP contribution in [-0.4, -0.2) is 54.1 Å². The van der Waals surface area contributed by atoms with Crippen molar-refractivity contribution in [1.82, 2.24) is 0 Å². The fourth-order valence-electron chi connectivity index (χ4n) is 12.0. The second kappa shape index (κ2) is 26.9. The minimum atomic E-state index is -4.79. The van der Waals surface area contributed by atoms with E-state index < -0.39 is 110 Å². The Kier molecular flexibility index (Phi) is 20.0. The first-order valence-corrected chi connectivity index (χ1v) is 36.3. The molecular weight excluding hydrogens is 1250 g/mol. The Hall–Kier alpha value is -8.04. The summed E-state index contributed by atoms with van der Waals surface area (Å²) >= 11 is 0. The Balaban J connectivity index is 1.48. The van der Waals surface area contributed by atoms with Gasteiger partial charge in [0, 0.05) is 92.4 Å². The molecule has 8 bridgehead atoms. The van der Waals surface area contributed by atoms with E-state index in [2.05, 4.69) is 0 Å². The molecule has 4 atom stereocenters. The van der Waals surface area contributed by atoms with E-state index >= 15 is 0 Å². The van der Waals surface area contributed by atoms with Crippen molar-refractivity contribution in [2.45, 2.75) is 152 Å². The lowest BCUT2D eigenvalue weighted by Crippen LogP contribution is -2.19. The second-order valence-corrected chi connectivity index (χ2v) is 32.1. The van der Waals surface area contributed by atoms with Crippen LogP contribution in [0.1, 0.15) is 172 Å². The SMILES string of the molecule is Cc1ccc(S(=O)(=O)Oc2cc(OS(=O)(=O)c3ccc(C)cc3)c3cc2[C@H](CC(C)C)c2cc(c(O)cc2O)[C@H](CC(C)C)c2cc(c(OS(=O)(=O)c4ccc(C)cc4)cc2OS(=O)(=O)c2ccc(C)cc2)[C@H](CC(C)C)c2cc(c(O)cc2O)[C@@H]3CC(C)C)cc1. The summed E-state index contributed by atoms with van der Waals surface area (Å²) in [5, 5.41) is 50.1. The van der Waals surface area contributed by atoms with Gasteiger partial charge in [-0.25, -0.2) is 0 Å². The topological polar surface area (TPSA) is 254 Å². The van der Waals surface area contributed by atoms with Gasteiger partial charge in [0.05, 0.1) is 0 Å². The normalized spacial score (nSPS) is 16.3. The molecular formula is C72H80O16S4. The summed E-state index contributed by atoms with van der Waals surface area (Å²) in [5.74, 6) is -8.78. The lowest BCUT2D eigenvalue weighted by Gasteiger charge is -2.31. The number of phenolic OH excluding ortho intramolecular Hbond substituents is 4. The van der Waals surface area contributed by atoms with Gasteiger partial charge in [0.25, 0.3) is 0 Å². The number of benzene rings is 8. The highest BCUT2D eigenvalue weighted by atomic mass is 32.2. The van der Waals surface area contributed by atoms with E-state index in [1.807, 2.05) is 55.4 Å². The molecule has 92 heavy (non-hydrogen) atoms. The Bertz CT molecular complexity index is 3940. The molecule has 1 aliphatic rings. The Labute approximate surface area is 542 Å². The van der Waals surface area contributed by atoms with Gasteiger partial charge in [0.15, 0.2) is 23.0 Å². The molecule has 9 rings (SSSR count). The molecule has 0 aromatic heterocycles. The first-order valence-electron chi connectivity index (χ1n) is 30.6. The second-order valence-electron chi connectivity index (χ2n) is 25.9. The van der Waals surface area contributed by atoms with Crippen LogP contribution in [-0.2, 0) is 40.5 Å². The number of phenols is 4. The van der Waals surface area contributed by atoms with Gasteiger partial charge >= 0.3 is 40.5 Å². The van der Waals surface area contributed by atoms with E-state index in [-0.39, 0.29) is 113 Å². The third-order valence-electron chi connectivity index (χ3n) is 16.5. The number of hydrogen-bond acceptors (Lipinski definition) is 16. The molecule has 8 aromatic rings. The van der Waals surface area contributed by atoms with Crippen LogP contribution in [0.15, 0.2) is 165 Å². The molecule has 20 heteroatoms. The summed E-state index contributed by atoms with van der Waals surface area (Å²) in [6, 6.07) is 34.6. The minimum Gasteiger partial charge on any atom is -0.508 e. The molecule has 0 radical (unpaired) electrons. The number of rotatable bonds is 20. The predicted molar refractivity (Wildman–Crippen MR) is 354 cm³/mol. The van der Waals surface area contributed by atoms with E-state index in [0.717, 1.165) is 34.4 Å². The van der Waals surface area contributed by atoms with Crippen LogP contribution in [0.2, 0.25) is 0 Å². The number of hydrogen-bond donors (Lipinski definition) is 4. The summed E-state index contributed by atoms with van der Waals surface area (Å²) < 4.78 is 144. The van der Waals surface area contributed by atoms with Crippen molar-refractivity contribution in [3.05, 3.63) is 212 Å². The molecule has 0 saturated carbocycles. The van der Waals surface area contributed by atoms with Crippen LogP contribution < -0.4 is 16.7 Å². The van der Waals surface area contributed by atoms with Crippen molar-refractivity contribution in [2.75, 3.05) is 0 Å². The largest absolute Gasteiger partial charge is 0.508 e. The molecule has 4 N–H and O–H groups in total. The quantitative estimate of drug-likeness (QED) is 0.0517.